The van der Waals surface area contributed by atoms with Crippen molar-refractivity contribution in [1.29, 1.82) is 0 Å². The number of halogens is 1. The molecule has 1 N–H and O–H groups in total. The summed E-state index contributed by atoms with van der Waals surface area (Å²) >= 11 is 3.63. The lowest BCUT2D eigenvalue weighted by Gasteiger charge is -2.35. The number of likely N-dealkylation sites (tertiary alicyclic amines) is 1. The van der Waals surface area contributed by atoms with E-state index < -0.39 is 0 Å². The summed E-state index contributed by atoms with van der Waals surface area (Å²) in [6, 6.07) is 5.22. The van der Waals surface area contributed by atoms with Crippen LogP contribution in [0.5, 0.6) is 11.5 Å². The van der Waals surface area contributed by atoms with Crippen LogP contribution in [0.1, 0.15) is 26.7 Å². The first-order valence-corrected chi connectivity index (χ1v) is 8.52. The van der Waals surface area contributed by atoms with Gasteiger partial charge in [-0.3, -0.25) is 0 Å². The highest BCUT2D eigenvalue weighted by atomic mass is 79.9. The van der Waals surface area contributed by atoms with Crippen molar-refractivity contribution < 1.29 is 9.47 Å². The maximum absolute atomic E-state index is 5.66. The van der Waals surface area contributed by atoms with Gasteiger partial charge >= 0.3 is 0 Å². The smallest absolute Gasteiger partial charge is 0.163 e. The van der Waals surface area contributed by atoms with Gasteiger partial charge < -0.3 is 19.7 Å². The summed E-state index contributed by atoms with van der Waals surface area (Å²) < 4.78 is 12.3. The van der Waals surface area contributed by atoms with Crippen molar-refractivity contribution in [3.63, 3.8) is 0 Å². The highest BCUT2D eigenvalue weighted by Crippen LogP contribution is 2.38. The number of nitrogens with zero attached hydrogens (tertiary/aromatic N) is 1. The van der Waals surface area contributed by atoms with Crippen LogP contribution in [-0.4, -0.2) is 43.3 Å². The van der Waals surface area contributed by atoms with E-state index in [4.69, 9.17) is 9.47 Å². The number of benzene rings is 1. The fourth-order valence-electron chi connectivity index (χ4n) is 2.95. The molecule has 0 spiro atoms. The van der Waals surface area contributed by atoms with Crippen molar-refractivity contribution in [3.05, 3.63) is 16.6 Å². The Kier molecular flexibility index (Phi) is 4.60. The fraction of sp³-hybridized carbons (Fsp3) is 0.625. The number of hydrogen-bond acceptors (Lipinski definition) is 4. The average molecular weight is 355 g/mol. The zero-order valence-corrected chi connectivity index (χ0v) is 14.3. The minimum absolute atomic E-state index is 0.527. The van der Waals surface area contributed by atoms with Gasteiger partial charge in [0.2, 0.25) is 0 Å². The van der Waals surface area contributed by atoms with Crippen molar-refractivity contribution >= 4 is 21.6 Å². The predicted molar refractivity (Wildman–Crippen MR) is 88.5 cm³/mol. The molecule has 0 amide bonds. The summed E-state index contributed by atoms with van der Waals surface area (Å²) in [6.45, 7) is 8.12. The Hall–Kier alpha value is -0.940. The van der Waals surface area contributed by atoms with E-state index in [2.05, 4.69) is 40.0 Å². The third kappa shape index (κ3) is 3.46. The van der Waals surface area contributed by atoms with E-state index in [0.717, 1.165) is 34.7 Å². The molecule has 0 aliphatic carbocycles. The first-order valence-electron chi connectivity index (χ1n) is 7.73. The van der Waals surface area contributed by atoms with Crippen molar-refractivity contribution in [3.8, 4) is 11.5 Å². The van der Waals surface area contributed by atoms with Gasteiger partial charge in [0, 0.05) is 41.8 Å². The van der Waals surface area contributed by atoms with Gasteiger partial charge in [0.15, 0.2) is 11.5 Å². The van der Waals surface area contributed by atoms with E-state index in [1.165, 1.54) is 12.8 Å². The van der Waals surface area contributed by atoms with Gasteiger partial charge in [-0.25, -0.2) is 0 Å². The van der Waals surface area contributed by atoms with Gasteiger partial charge in [-0.2, -0.15) is 0 Å². The highest BCUT2D eigenvalue weighted by molar-refractivity contribution is 9.10. The highest BCUT2D eigenvalue weighted by Gasteiger charge is 2.22. The maximum Gasteiger partial charge on any atom is 0.163 e. The molecule has 1 aromatic rings. The molecular weight excluding hydrogens is 332 g/mol. The molecule has 2 aliphatic heterocycles. The molecule has 1 aromatic carbocycles. The van der Waals surface area contributed by atoms with Gasteiger partial charge in [-0.1, -0.05) is 0 Å². The number of rotatable bonds is 3. The van der Waals surface area contributed by atoms with Crippen LogP contribution < -0.4 is 14.8 Å². The van der Waals surface area contributed by atoms with Crippen LogP contribution >= 0.6 is 15.9 Å². The molecule has 4 nitrogen and oxygen atoms in total. The monoisotopic (exact) mass is 354 g/mol. The Balaban J connectivity index is 1.65. The second-order valence-corrected chi connectivity index (χ2v) is 6.88. The molecule has 0 aromatic heterocycles. The molecule has 1 saturated heterocycles. The van der Waals surface area contributed by atoms with E-state index in [1.807, 2.05) is 12.1 Å². The zero-order chi connectivity index (χ0) is 14.8. The minimum Gasteiger partial charge on any atom is -0.486 e. The number of hydrogen-bond donors (Lipinski definition) is 1. The molecular formula is C16H23BrN2O2. The Morgan fingerprint density at radius 2 is 1.76 bits per heavy atom. The molecule has 5 heteroatoms. The number of piperidine rings is 1. The molecule has 3 rings (SSSR count). The number of ether oxygens (including phenoxy) is 2. The summed E-state index contributed by atoms with van der Waals surface area (Å²) in [7, 11) is 0. The van der Waals surface area contributed by atoms with Crippen LogP contribution in [-0.2, 0) is 0 Å². The molecule has 0 saturated carbocycles. The van der Waals surface area contributed by atoms with E-state index in [0.29, 0.717) is 25.3 Å². The molecule has 1 fully saturated rings. The topological polar surface area (TPSA) is 33.7 Å². The van der Waals surface area contributed by atoms with Gasteiger partial charge in [0.25, 0.3) is 0 Å². The van der Waals surface area contributed by atoms with E-state index in [1.54, 1.807) is 0 Å². The van der Waals surface area contributed by atoms with Crippen molar-refractivity contribution in [2.24, 2.45) is 0 Å². The first-order chi connectivity index (χ1) is 10.1. The average Bonchev–Trinajstić information content (AvgIpc) is 2.48. The molecule has 0 bridgehead atoms. The molecule has 2 aliphatic rings. The Morgan fingerprint density at radius 3 is 2.38 bits per heavy atom. The van der Waals surface area contributed by atoms with Crippen LogP contribution in [0.25, 0.3) is 0 Å². The summed E-state index contributed by atoms with van der Waals surface area (Å²) in [6.07, 6.45) is 2.36. The van der Waals surface area contributed by atoms with E-state index in [-0.39, 0.29) is 0 Å². The van der Waals surface area contributed by atoms with E-state index >= 15 is 0 Å². The summed E-state index contributed by atoms with van der Waals surface area (Å²) in [5, 5.41) is 3.65. The van der Waals surface area contributed by atoms with Gasteiger partial charge in [0.05, 0.1) is 5.69 Å². The fourth-order valence-corrected chi connectivity index (χ4v) is 3.39. The molecule has 116 valence electrons. The number of anilines is 1. The van der Waals surface area contributed by atoms with Gasteiger partial charge in [-0.15, -0.1) is 0 Å². The van der Waals surface area contributed by atoms with Crippen LogP contribution in [0.15, 0.2) is 16.6 Å². The molecule has 0 radical (unpaired) electrons. The molecule has 2 heterocycles. The third-order valence-electron chi connectivity index (χ3n) is 4.25. The summed E-state index contributed by atoms with van der Waals surface area (Å²) in [4.78, 5) is 2.54. The zero-order valence-electron chi connectivity index (χ0n) is 12.7. The van der Waals surface area contributed by atoms with Crippen LogP contribution in [0.4, 0.5) is 5.69 Å². The standard InChI is InChI=1S/C16H23BrN2O2/c1-11(2)19-5-3-12(4-6-19)18-14-10-16-15(9-13(14)17)20-7-8-21-16/h9-12,18H,3-8H2,1-2H3. The minimum atomic E-state index is 0.527. The number of fused-ring (bicyclic) bond motifs is 1. The first kappa shape index (κ1) is 15.0. The number of nitrogens with one attached hydrogen (secondary N) is 1. The SMILES string of the molecule is CC(C)N1CCC(Nc2cc3c(cc2Br)OCCO3)CC1. The quantitative estimate of drug-likeness (QED) is 0.900. The molecule has 0 atom stereocenters. The Labute approximate surface area is 134 Å². The third-order valence-corrected chi connectivity index (χ3v) is 4.91. The lowest BCUT2D eigenvalue weighted by Crippen LogP contribution is -2.42. The van der Waals surface area contributed by atoms with Crippen molar-refractivity contribution in [1.82, 2.24) is 4.90 Å². The van der Waals surface area contributed by atoms with Crippen molar-refractivity contribution in [2.75, 3.05) is 31.6 Å². The van der Waals surface area contributed by atoms with Crippen LogP contribution in [0.2, 0.25) is 0 Å². The maximum atomic E-state index is 5.66. The predicted octanol–water partition coefficient (Wildman–Crippen LogP) is 3.51. The van der Waals surface area contributed by atoms with E-state index in [9.17, 15) is 0 Å². The summed E-state index contributed by atoms with van der Waals surface area (Å²) in [5.74, 6) is 1.67. The second kappa shape index (κ2) is 6.44. The van der Waals surface area contributed by atoms with Gasteiger partial charge in [0.1, 0.15) is 13.2 Å². The molecule has 0 unspecified atom stereocenters. The molecule has 21 heavy (non-hydrogen) atoms. The second-order valence-electron chi connectivity index (χ2n) is 6.02. The van der Waals surface area contributed by atoms with Gasteiger partial charge in [-0.05, 0) is 42.6 Å². The Bertz CT molecular complexity index is 499. The van der Waals surface area contributed by atoms with Crippen molar-refractivity contribution in [2.45, 2.75) is 38.8 Å². The lowest BCUT2D eigenvalue weighted by molar-refractivity contribution is 0.171. The largest absolute Gasteiger partial charge is 0.486 e. The van der Waals surface area contributed by atoms with Crippen LogP contribution in [0, 0.1) is 0 Å². The normalized spacial score (nSPS) is 19.8. The Morgan fingerprint density at radius 1 is 1.14 bits per heavy atom. The lowest BCUT2D eigenvalue weighted by atomic mass is 10.0. The summed E-state index contributed by atoms with van der Waals surface area (Å²) in [5.41, 5.74) is 1.10. The van der Waals surface area contributed by atoms with Crippen LogP contribution in [0.3, 0.4) is 0 Å².